The van der Waals surface area contributed by atoms with E-state index in [9.17, 15) is 0 Å². The number of nitrogens with zero attached hydrogens (tertiary/aromatic N) is 2. The fourth-order valence-electron chi connectivity index (χ4n) is 1.68. The maximum Gasteiger partial charge on any atom is 0.0926 e. The topological polar surface area (TPSA) is 28.2 Å². The van der Waals surface area contributed by atoms with Crippen molar-refractivity contribution in [3.63, 3.8) is 0 Å². The zero-order chi connectivity index (χ0) is 9.80. The van der Waals surface area contributed by atoms with Crippen LogP contribution in [-0.2, 0) is 13.0 Å². The van der Waals surface area contributed by atoms with Crippen molar-refractivity contribution >= 4 is 11.3 Å². The molecule has 0 amide bonds. The van der Waals surface area contributed by atoms with E-state index in [2.05, 4.69) is 27.5 Å². The normalized spacial score (nSPS) is 18.6. The van der Waals surface area contributed by atoms with Gasteiger partial charge in [0.15, 0.2) is 0 Å². The number of hydrogen-bond donors (Lipinski definition) is 1. The second-order valence-electron chi connectivity index (χ2n) is 3.61. The summed E-state index contributed by atoms with van der Waals surface area (Å²) in [5.41, 5.74) is 1.24. The van der Waals surface area contributed by atoms with Crippen molar-refractivity contribution < 1.29 is 0 Å². The lowest BCUT2D eigenvalue weighted by Gasteiger charge is -2.26. The fourth-order valence-corrected chi connectivity index (χ4v) is 2.42. The Bertz CT molecular complexity index is 279. The Morgan fingerprint density at radius 3 is 2.93 bits per heavy atom. The lowest BCUT2D eigenvalue weighted by molar-refractivity contribution is 0.231. The van der Waals surface area contributed by atoms with Crippen LogP contribution in [0.5, 0.6) is 0 Å². The van der Waals surface area contributed by atoms with Crippen LogP contribution in [-0.4, -0.2) is 36.1 Å². The van der Waals surface area contributed by atoms with Gasteiger partial charge in [-0.25, -0.2) is 4.98 Å². The lowest BCUT2D eigenvalue weighted by atomic mass is 10.3. The molecule has 1 saturated heterocycles. The number of aromatic nitrogens is 1. The Kier molecular flexibility index (Phi) is 3.50. The molecule has 0 aliphatic carbocycles. The minimum atomic E-state index is 1.03. The molecule has 1 aliphatic rings. The van der Waals surface area contributed by atoms with Gasteiger partial charge in [0, 0.05) is 38.1 Å². The summed E-state index contributed by atoms with van der Waals surface area (Å²) < 4.78 is 0. The molecule has 1 fully saturated rings. The SMILES string of the molecule is CCc1nc(CN2CCNCC2)cs1. The van der Waals surface area contributed by atoms with Gasteiger partial charge in [0.2, 0.25) is 0 Å². The molecular weight excluding hydrogens is 194 g/mol. The number of hydrogen-bond acceptors (Lipinski definition) is 4. The van der Waals surface area contributed by atoms with Gasteiger partial charge in [-0.15, -0.1) is 11.3 Å². The first-order valence-corrected chi connectivity index (χ1v) is 6.13. The molecule has 2 rings (SSSR count). The first-order chi connectivity index (χ1) is 6.88. The largest absolute Gasteiger partial charge is 0.314 e. The third-order valence-corrected chi connectivity index (χ3v) is 3.54. The van der Waals surface area contributed by atoms with E-state index in [1.54, 1.807) is 11.3 Å². The highest BCUT2D eigenvalue weighted by Crippen LogP contribution is 2.12. The van der Waals surface area contributed by atoms with Crippen molar-refractivity contribution in [1.82, 2.24) is 15.2 Å². The number of piperazine rings is 1. The molecule has 1 N–H and O–H groups in total. The minimum Gasteiger partial charge on any atom is -0.314 e. The number of rotatable bonds is 3. The van der Waals surface area contributed by atoms with Gasteiger partial charge in [-0.05, 0) is 6.42 Å². The highest BCUT2D eigenvalue weighted by atomic mass is 32.1. The van der Waals surface area contributed by atoms with E-state index in [1.807, 2.05) is 0 Å². The molecule has 0 spiro atoms. The van der Waals surface area contributed by atoms with Crippen molar-refractivity contribution in [2.24, 2.45) is 0 Å². The van der Waals surface area contributed by atoms with E-state index in [4.69, 9.17) is 0 Å². The Balaban J connectivity index is 1.89. The molecule has 0 atom stereocenters. The summed E-state index contributed by atoms with van der Waals surface area (Å²) in [4.78, 5) is 7.04. The van der Waals surface area contributed by atoms with Gasteiger partial charge in [-0.2, -0.15) is 0 Å². The Hall–Kier alpha value is -0.450. The Morgan fingerprint density at radius 2 is 2.29 bits per heavy atom. The van der Waals surface area contributed by atoms with Crippen LogP contribution in [0.4, 0.5) is 0 Å². The molecule has 14 heavy (non-hydrogen) atoms. The minimum absolute atomic E-state index is 1.03. The van der Waals surface area contributed by atoms with Crippen LogP contribution in [0.15, 0.2) is 5.38 Å². The molecule has 0 radical (unpaired) electrons. The van der Waals surface area contributed by atoms with E-state index < -0.39 is 0 Å². The molecule has 0 bridgehead atoms. The summed E-state index contributed by atoms with van der Waals surface area (Å²) in [5, 5.41) is 6.81. The van der Waals surface area contributed by atoms with E-state index in [0.29, 0.717) is 0 Å². The van der Waals surface area contributed by atoms with Crippen molar-refractivity contribution in [3.8, 4) is 0 Å². The molecule has 0 saturated carbocycles. The van der Waals surface area contributed by atoms with Gasteiger partial charge in [0.1, 0.15) is 0 Å². The number of aryl methyl sites for hydroxylation is 1. The van der Waals surface area contributed by atoms with Crippen LogP contribution in [0, 0.1) is 0 Å². The quantitative estimate of drug-likeness (QED) is 0.812. The third kappa shape index (κ3) is 2.53. The average Bonchev–Trinajstić information content (AvgIpc) is 2.67. The molecule has 0 aromatic carbocycles. The average molecular weight is 211 g/mol. The highest BCUT2D eigenvalue weighted by Gasteiger charge is 2.11. The van der Waals surface area contributed by atoms with Gasteiger partial charge >= 0.3 is 0 Å². The standard InChI is InChI=1S/C10H17N3S/c1-2-10-12-9(8-14-10)7-13-5-3-11-4-6-13/h8,11H,2-7H2,1H3. The molecule has 2 heterocycles. The zero-order valence-electron chi connectivity index (χ0n) is 8.62. The second-order valence-corrected chi connectivity index (χ2v) is 4.55. The van der Waals surface area contributed by atoms with Crippen LogP contribution in [0.3, 0.4) is 0 Å². The molecule has 3 nitrogen and oxygen atoms in total. The molecule has 0 unspecified atom stereocenters. The molecular formula is C10H17N3S. The second kappa shape index (κ2) is 4.87. The highest BCUT2D eigenvalue weighted by molar-refractivity contribution is 7.09. The lowest BCUT2D eigenvalue weighted by Crippen LogP contribution is -2.42. The first-order valence-electron chi connectivity index (χ1n) is 5.25. The van der Waals surface area contributed by atoms with Crippen LogP contribution in [0.1, 0.15) is 17.6 Å². The third-order valence-electron chi connectivity index (χ3n) is 2.50. The molecule has 1 aromatic heterocycles. The molecule has 4 heteroatoms. The number of thiazole rings is 1. The van der Waals surface area contributed by atoms with Crippen molar-refractivity contribution in [3.05, 3.63) is 16.1 Å². The van der Waals surface area contributed by atoms with Gasteiger partial charge < -0.3 is 5.32 Å². The van der Waals surface area contributed by atoms with E-state index in [0.717, 1.165) is 39.1 Å². The maximum atomic E-state index is 4.58. The summed E-state index contributed by atoms with van der Waals surface area (Å²) in [6.07, 6.45) is 1.06. The number of nitrogens with one attached hydrogen (secondary N) is 1. The summed E-state index contributed by atoms with van der Waals surface area (Å²) in [5.74, 6) is 0. The molecule has 1 aliphatic heterocycles. The van der Waals surface area contributed by atoms with E-state index >= 15 is 0 Å². The fraction of sp³-hybridized carbons (Fsp3) is 0.700. The van der Waals surface area contributed by atoms with Crippen molar-refractivity contribution in [1.29, 1.82) is 0 Å². The summed E-state index contributed by atoms with van der Waals surface area (Å²) >= 11 is 1.78. The first kappa shape index (κ1) is 10.1. The summed E-state index contributed by atoms with van der Waals surface area (Å²) in [6, 6.07) is 0. The zero-order valence-corrected chi connectivity index (χ0v) is 9.44. The maximum absolute atomic E-state index is 4.58. The van der Waals surface area contributed by atoms with E-state index in [-0.39, 0.29) is 0 Å². The van der Waals surface area contributed by atoms with Gasteiger partial charge in [0.25, 0.3) is 0 Å². The van der Waals surface area contributed by atoms with Crippen molar-refractivity contribution in [2.45, 2.75) is 19.9 Å². The van der Waals surface area contributed by atoms with Crippen molar-refractivity contribution in [2.75, 3.05) is 26.2 Å². The van der Waals surface area contributed by atoms with Gasteiger partial charge in [-0.3, -0.25) is 4.90 Å². The smallest absolute Gasteiger partial charge is 0.0926 e. The van der Waals surface area contributed by atoms with Crippen LogP contribution in [0.25, 0.3) is 0 Å². The van der Waals surface area contributed by atoms with Gasteiger partial charge in [-0.1, -0.05) is 6.92 Å². The Labute approximate surface area is 89.1 Å². The predicted octanol–water partition coefficient (Wildman–Crippen LogP) is 1.11. The summed E-state index contributed by atoms with van der Waals surface area (Å²) in [7, 11) is 0. The summed E-state index contributed by atoms with van der Waals surface area (Å²) in [6.45, 7) is 7.72. The van der Waals surface area contributed by atoms with Gasteiger partial charge in [0.05, 0.1) is 10.7 Å². The van der Waals surface area contributed by atoms with E-state index in [1.165, 1.54) is 10.7 Å². The monoisotopic (exact) mass is 211 g/mol. The predicted molar refractivity (Wildman–Crippen MR) is 59.6 cm³/mol. The van der Waals surface area contributed by atoms with Crippen LogP contribution in [0.2, 0.25) is 0 Å². The Morgan fingerprint density at radius 1 is 1.50 bits per heavy atom. The molecule has 78 valence electrons. The van der Waals surface area contributed by atoms with Crippen LogP contribution < -0.4 is 5.32 Å². The van der Waals surface area contributed by atoms with Crippen LogP contribution >= 0.6 is 11.3 Å². The molecule has 1 aromatic rings.